The maximum atomic E-state index is 11.8. The van der Waals surface area contributed by atoms with Crippen LogP contribution in [0.5, 0.6) is 0 Å². The first-order valence-electron chi connectivity index (χ1n) is 6.82. The van der Waals surface area contributed by atoms with E-state index in [0.717, 1.165) is 28.5 Å². The molecule has 1 aromatic carbocycles. The number of carbonyl (C=O) groups excluding carboxylic acids is 1. The Morgan fingerprint density at radius 2 is 1.91 bits per heavy atom. The van der Waals surface area contributed by atoms with Crippen molar-refractivity contribution in [3.8, 4) is 0 Å². The van der Waals surface area contributed by atoms with Crippen molar-refractivity contribution in [2.45, 2.75) is 13.0 Å². The van der Waals surface area contributed by atoms with Crippen molar-refractivity contribution in [2.24, 2.45) is 0 Å². The van der Waals surface area contributed by atoms with Crippen LogP contribution in [0.25, 0.3) is 0 Å². The number of nitrogens with zero attached hydrogens (tertiary/aromatic N) is 2. The van der Waals surface area contributed by atoms with Gasteiger partial charge in [0.2, 0.25) is 5.91 Å². The normalized spacial score (nSPS) is 10.3. The Labute approximate surface area is 136 Å². The summed E-state index contributed by atoms with van der Waals surface area (Å²) in [5.41, 5.74) is 0.309. The first-order valence-corrected chi connectivity index (χ1v) is 7.19. The Hall–Kier alpha value is -2.67. The van der Waals surface area contributed by atoms with Crippen LogP contribution in [-0.2, 0) is 17.8 Å². The van der Waals surface area contributed by atoms with Gasteiger partial charge in [-0.2, -0.15) is 0 Å². The number of pyridine rings is 1. The fourth-order valence-electron chi connectivity index (χ4n) is 1.96. The third kappa shape index (κ3) is 4.93. The van der Waals surface area contributed by atoms with E-state index >= 15 is 0 Å². The smallest absolute Gasteiger partial charge is 0.285 e. The average molecular weight is 336 g/mol. The maximum Gasteiger partial charge on any atom is 0.285 e. The molecule has 8 heteroatoms. The highest BCUT2D eigenvalue weighted by Gasteiger charge is 2.10. The van der Waals surface area contributed by atoms with Gasteiger partial charge in [0, 0.05) is 23.7 Å². The highest BCUT2D eigenvalue weighted by molar-refractivity contribution is 6.30. The van der Waals surface area contributed by atoms with Crippen molar-refractivity contribution in [3.63, 3.8) is 0 Å². The minimum Gasteiger partial charge on any atom is -0.354 e. The lowest BCUT2D eigenvalue weighted by Crippen LogP contribution is -2.33. The predicted molar refractivity (Wildman–Crippen MR) is 85.5 cm³/mol. The van der Waals surface area contributed by atoms with Crippen LogP contribution in [0.4, 0.5) is 5.69 Å². The molecule has 0 radical (unpaired) electrons. The third-order valence-corrected chi connectivity index (χ3v) is 3.39. The van der Waals surface area contributed by atoms with Crippen molar-refractivity contribution in [1.82, 2.24) is 9.88 Å². The second-order valence-electron chi connectivity index (χ2n) is 4.84. The first-order chi connectivity index (χ1) is 11.0. The summed E-state index contributed by atoms with van der Waals surface area (Å²) < 4.78 is 1.01. The summed E-state index contributed by atoms with van der Waals surface area (Å²) in [6.45, 7) is 0.130. The van der Waals surface area contributed by atoms with Crippen LogP contribution < -0.4 is 10.9 Å². The molecule has 1 N–H and O–H groups in total. The Balaban J connectivity index is 1.89. The molecule has 0 aliphatic heterocycles. The molecule has 1 heterocycles. The van der Waals surface area contributed by atoms with Crippen LogP contribution in [-0.4, -0.2) is 21.9 Å². The zero-order valence-corrected chi connectivity index (χ0v) is 12.8. The molecule has 1 aromatic heterocycles. The lowest BCUT2D eigenvalue weighted by molar-refractivity contribution is -0.385. The minimum absolute atomic E-state index is 0.237. The van der Waals surface area contributed by atoms with Gasteiger partial charge < -0.3 is 5.32 Å². The molecule has 2 rings (SSSR count). The minimum atomic E-state index is -0.617. The van der Waals surface area contributed by atoms with Gasteiger partial charge in [-0.1, -0.05) is 23.7 Å². The number of nitro groups is 1. The number of amides is 1. The van der Waals surface area contributed by atoms with Crippen molar-refractivity contribution >= 4 is 23.2 Å². The molecule has 0 saturated carbocycles. The highest BCUT2D eigenvalue weighted by atomic mass is 35.5. The fourth-order valence-corrected chi connectivity index (χ4v) is 2.08. The molecule has 0 fully saturated rings. The maximum absolute atomic E-state index is 11.8. The molecule has 0 saturated heterocycles. The summed E-state index contributed by atoms with van der Waals surface area (Å²) in [5.74, 6) is -0.387. The Morgan fingerprint density at radius 3 is 2.57 bits per heavy atom. The van der Waals surface area contributed by atoms with Crippen LogP contribution in [0.2, 0.25) is 5.02 Å². The molecular formula is C15H14ClN3O4. The SMILES string of the molecule is O=C(Cn1cc([N+](=O)[O-])ccc1=O)NCCc1ccc(Cl)cc1. The number of halogens is 1. The summed E-state index contributed by atoms with van der Waals surface area (Å²) in [5, 5.41) is 14.0. The van der Waals surface area contributed by atoms with Gasteiger partial charge in [-0.05, 0) is 24.1 Å². The molecule has 7 nitrogen and oxygen atoms in total. The van der Waals surface area contributed by atoms with Gasteiger partial charge >= 0.3 is 0 Å². The largest absolute Gasteiger partial charge is 0.354 e. The van der Waals surface area contributed by atoms with E-state index in [0.29, 0.717) is 18.0 Å². The summed E-state index contributed by atoms with van der Waals surface area (Å²) in [4.78, 5) is 33.5. The van der Waals surface area contributed by atoms with Gasteiger partial charge in [0.1, 0.15) is 6.54 Å². The average Bonchev–Trinajstić information content (AvgIpc) is 2.51. The molecule has 0 unspecified atom stereocenters. The van der Waals surface area contributed by atoms with E-state index in [9.17, 15) is 19.7 Å². The van der Waals surface area contributed by atoms with Gasteiger partial charge in [-0.3, -0.25) is 24.3 Å². The van der Waals surface area contributed by atoms with Gasteiger partial charge in [0.05, 0.1) is 11.1 Å². The Kier molecular flexibility index (Phi) is 5.48. The zero-order chi connectivity index (χ0) is 16.8. The van der Waals surface area contributed by atoms with E-state index in [4.69, 9.17) is 11.6 Å². The molecular weight excluding hydrogens is 322 g/mol. The van der Waals surface area contributed by atoms with Crippen molar-refractivity contribution < 1.29 is 9.72 Å². The summed E-state index contributed by atoms with van der Waals surface area (Å²) in [6, 6.07) is 9.43. The summed E-state index contributed by atoms with van der Waals surface area (Å²) in [7, 11) is 0. The van der Waals surface area contributed by atoms with Crippen molar-refractivity contribution in [1.29, 1.82) is 0 Å². The molecule has 2 aromatic rings. The number of benzene rings is 1. The lowest BCUT2D eigenvalue weighted by Gasteiger charge is -2.07. The number of rotatable bonds is 6. The van der Waals surface area contributed by atoms with Crippen LogP contribution in [0.3, 0.4) is 0 Å². The quantitative estimate of drug-likeness (QED) is 0.643. The summed E-state index contributed by atoms with van der Waals surface area (Å²) in [6.07, 6.45) is 1.67. The third-order valence-electron chi connectivity index (χ3n) is 3.14. The number of aromatic nitrogens is 1. The molecule has 0 aliphatic rings. The highest BCUT2D eigenvalue weighted by Crippen LogP contribution is 2.09. The Bertz CT molecular complexity index is 771. The molecule has 0 spiro atoms. The summed E-state index contributed by atoms with van der Waals surface area (Å²) >= 11 is 5.79. The topological polar surface area (TPSA) is 94.2 Å². The van der Waals surface area contributed by atoms with Crippen molar-refractivity contribution in [3.05, 3.63) is 73.6 Å². The zero-order valence-electron chi connectivity index (χ0n) is 12.1. The lowest BCUT2D eigenvalue weighted by atomic mass is 10.1. The molecule has 23 heavy (non-hydrogen) atoms. The van der Waals surface area contributed by atoms with E-state index in [1.54, 1.807) is 12.1 Å². The van der Waals surface area contributed by atoms with Gasteiger partial charge in [-0.25, -0.2) is 0 Å². The van der Waals surface area contributed by atoms with Gasteiger partial charge in [-0.15, -0.1) is 0 Å². The van der Waals surface area contributed by atoms with E-state index in [-0.39, 0.29) is 18.1 Å². The van der Waals surface area contributed by atoms with Crippen LogP contribution >= 0.6 is 11.6 Å². The molecule has 0 atom stereocenters. The number of hydrogen-bond acceptors (Lipinski definition) is 4. The second-order valence-corrected chi connectivity index (χ2v) is 5.27. The standard InChI is InChI=1S/C15H14ClN3O4/c16-12-3-1-11(2-4-12)7-8-17-14(20)10-18-9-13(19(22)23)5-6-15(18)21/h1-6,9H,7-8,10H2,(H,17,20). The molecule has 0 aliphatic carbocycles. The predicted octanol–water partition coefficient (Wildman–Crippen LogP) is 1.77. The van der Waals surface area contributed by atoms with E-state index in [1.165, 1.54) is 0 Å². The molecule has 120 valence electrons. The van der Waals surface area contributed by atoms with Crippen molar-refractivity contribution in [2.75, 3.05) is 6.54 Å². The number of nitrogens with one attached hydrogen (secondary N) is 1. The molecule has 0 bridgehead atoms. The van der Waals surface area contributed by atoms with Crippen LogP contribution in [0, 0.1) is 10.1 Å². The van der Waals surface area contributed by atoms with Gasteiger partial charge in [0.25, 0.3) is 11.2 Å². The number of hydrogen-bond donors (Lipinski definition) is 1. The molecule has 1 amide bonds. The fraction of sp³-hybridized carbons (Fsp3) is 0.200. The van der Waals surface area contributed by atoms with Crippen LogP contribution in [0.1, 0.15) is 5.56 Å². The number of carbonyl (C=O) groups is 1. The van der Waals surface area contributed by atoms with Gasteiger partial charge in [0.15, 0.2) is 0 Å². The van der Waals surface area contributed by atoms with Crippen LogP contribution in [0.15, 0.2) is 47.4 Å². The van der Waals surface area contributed by atoms with E-state index in [2.05, 4.69) is 5.32 Å². The van der Waals surface area contributed by atoms with E-state index < -0.39 is 10.5 Å². The monoisotopic (exact) mass is 335 g/mol. The second kappa shape index (κ2) is 7.55. The Morgan fingerprint density at radius 1 is 1.22 bits per heavy atom. The van der Waals surface area contributed by atoms with E-state index in [1.807, 2.05) is 12.1 Å². The first kappa shape index (κ1) is 16.7.